The van der Waals surface area contributed by atoms with Crippen molar-refractivity contribution >= 4 is 38.5 Å². The lowest BCUT2D eigenvalue weighted by atomic mass is 9.98. The highest BCUT2D eigenvalue weighted by Crippen LogP contribution is 2.23. The van der Waals surface area contributed by atoms with Gasteiger partial charge in [0, 0.05) is 14.1 Å². The Hall–Kier alpha value is -0.460. The summed E-state index contributed by atoms with van der Waals surface area (Å²) in [5, 5.41) is 3.43. The van der Waals surface area contributed by atoms with Crippen LogP contribution in [0.4, 0.5) is 4.39 Å². The summed E-state index contributed by atoms with van der Waals surface area (Å²) in [5.74, 6) is -0.151. The second-order valence-corrected chi connectivity index (χ2v) is 6.76. The number of hydrogen-bond donors (Lipinski definition) is 1. The van der Waals surface area contributed by atoms with E-state index < -0.39 is 0 Å². The molecule has 0 radical (unpaired) electrons. The van der Waals surface area contributed by atoms with Crippen LogP contribution in [0.2, 0.25) is 0 Å². The molecule has 0 amide bonds. The fourth-order valence-electron chi connectivity index (χ4n) is 2.17. The Bertz CT molecular complexity index is 571. The van der Waals surface area contributed by atoms with Gasteiger partial charge in [0.1, 0.15) is 5.82 Å². The molecule has 4 heteroatoms. The molecule has 0 heterocycles. The second kappa shape index (κ2) is 7.52. The monoisotopic (exact) mass is 447 g/mol. The molecule has 0 fully saturated rings. The third-order valence-electron chi connectivity index (χ3n) is 3.15. The van der Waals surface area contributed by atoms with Crippen LogP contribution in [0.5, 0.6) is 0 Å². The number of rotatable bonds is 5. The van der Waals surface area contributed by atoms with E-state index in [0.29, 0.717) is 6.42 Å². The predicted octanol–water partition coefficient (Wildman–Crippen LogP) is 5.09. The van der Waals surface area contributed by atoms with E-state index in [4.69, 9.17) is 0 Å². The number of benzene rings is 2. The minimum atomic E-state index is -0.151. The summed E-state index contributed by atoms with van der Waals surface area (Å²) in [6.07, 6.45) is 0.639. The lowest BCUT2D eigenvalue weighted by molar-refractivity contribution is 0.527. The first kappa shape index (κ1) is 15.9. The number of hydrogen-bond acceptors (Lipinski definition) is 1. The first-order valence-electron chi connectivity index (χ1n) is 6.53. The Morgan fingerprint density at radius 1 is 1.20 bits per heavy atom. The molecule has 1 nitrogen and oxygen atoms in total. The van der Waals surface area contributed by atoms with Gasteiger partial charge >= 0.3 is 0 Å². The van der Waals surface area contributed by atoms with E-state index in [1.54, 1.807) is 6.07 Å². The third kappa shape index (κ3) is 4.27. The molecule has 2 aromatic carbocycles. The van der Waals surface area contributed by atoms with Crippen LogP contribution in [-0.4, -0.2) is 6.54 Å². The average molecular weight is 448 g/mol. The molecule has 0 spiro atoms. The van der Waals surface area contributed by atoms with Crippen molar-refractivity contribution in [3.63, 3.8) is 0 Å². The highest BCUT2D eigenvalue weighted by atomic mass is 127. The van der Waals surface area contributed by atoms with Crippen molar-refractivity contribution in [1.29, 1.82) is 0 Å². The fourth-order valence-corrected chi connectivity index (χ4v) is 2.94. The molecule has 0 aliphatic carbocycles. The Morgan fingerprint density at radius 3 is 2.55 bits per heavy atom. The summed E-state index contributed by atoms with van der Waals surface area (Å²) in [5.41, 5.74) is 1.91. The van der Waals surface area contributed by atoms with E-state index in [2.05, 4.69) is 75.0 Å². The fraction of sp³-hybridized carbons (Fsp3) is 0.250. The van der Waals surface area contributed by atoms with Crippen molar-refractivity contribution in [2.75, 3.05) is 6.54 Å². The largest absolute Gasteiger partial charge is 0.310 e. The van der Waals surface area contributed by atoms with Gasteiger partial charge < -0.3 is 5.32 Å². The van der Waals surface area contributed by atoms with E-state index in [-0.39, 0.29) is 11.9 Å². The van der Waals surface area contributed by atoms with Crippen LogP contribution in [0.25, 0.3) is 0 Å². The van der Waals surface area contributed by atoms with E-state index in [1.807, 2.05) is 6.07 Å². The van der Waals surface area contributed by atoms with Gasteiger partial charge in [-0.25, -0.2) is 4.39 Å². The lowest BCUT2D eigenvalue weighted by Crippen LogP contribution is -2.23. The maximum Gasteiger partial charge on any atom is 0.126 e. The standard InChI is InChI=1S/C16H16BrFIN/c1-2-20-16(11-3-6-14(19)7-4-11)10-12-9-13(17)5-8-15(12)18/h3-9,16,20H,2,10H2,1H3. The van der Waals surface area contributed by atoms with Gasteiger partial charge in [-0.15, -0.1) is 0 Å². The summed E-state index contributed by atoms with van der Waals surface area (Å²) in [6, 6.07) is 13.6. The summed E-state index contributed by atoms with van der Waals surface area (Å²) in [6.45, 7) is 2.92. The molecule has 2 aromatic rings. The van der Waals surface area contributed by atoms with Crippen molar-refractivity contribution < 1.29 is 4.39 Å². The van der Waals surface area contributed by atoms with Gasteiger partial charge in [0.15, 0.2) is 0 Å². The van der Waals surface area contributed by atoms with Gasteiger partial charge in [-0.3, -0.25) is 0 Å². The minimum Gasteiger partial charge on any atom is -0.310 e. The van der Waals surface area contributed by atoms with Gasteiger partial charge in [0.25, 0.3) is 0 Å². The lowest BCUT2D eigenvalue weighted by Gasteiger charge is -2.19. The number of likely N-dealkylation sites (N-methyl/N-ethyl adjacent to an activating group) is 1. The normalized spacial score (nSPS) is 12.4. The molecular weight excluding hydrogens is 432 g/mol. The molecule has 0 aromatic heterocycles. The van der Waals surface area contributed by atoms with Crippen molar-refractivity contribution in [3.05, 3.63) is 67.5 Å². The minimum absolute atomic E-state index is 0.126. The number of halogens is 3. The van der Waals surface area contributed by atoms with Crippen LogP contribution in [-0.2, 0) is 6.42 Å². The first-order chi connectivity index (χ1) is 9.60. The second-order valence-electron chi connectivity index (χ2n) is 4.60. The van der Waals surface area contributed by atoms with E-state index in [1.165, 1.54) is 15.2 Å². The van der Waals surface area contributed by atoms with E-state index >= 15 is 0 Å². The van der Waals surface area contributed by atoms with Crippen LogP contribution in [0.3, 0.4) is 0 Å². The molecule has 1 atom stereocenters. The van der Waals surface area contributed by atoms with Crippen LogP contribution < -0.4 is 5.32 Å². The van der Waals surface area contributed by atoms with E-state index in [9.17, 15) is 4.39 Å². The number of nitrogens with one attached hydrogen (secondary N) is 1. The molecule has 2 rings (SSSR count). The summed E-state index contributed by atoms with van der Waals surface area (Å²) < 4.78 is 16.0. The van der Waals surface area contributed by atoms with Crippen LogP contribution >= 0.6 is 38.5 Å². The maximum atomic E-state index is 13.9. The van der Waals surface area contributed by atoms with Crippen molar-refractivity contribution in [2.45, 2.75) is 19.4 Å². The Labute approximate surface area is 141 Å². The molecule has 20 heavy (non-hydrogen) atoms. The maximum absolute atomic E-state index is 13.9. The van der Waals surface area contributed by atoms with Gasteiger partial charge in [-0.05, 0) is 77.0 Å². The SMILES string of the molecule is CCNC(Cc1cc(Br)ccc1F)c1ccc(I)cc1. The molecule has 0 aliphatic rings. The molecule has 0 bridgehead atoms. The Morgan fingerprint density at radius 2 is 1.90 bits per heavy atom. The van der Waals surface area contributed by atoms with Crippen LogP contribution in [0.15, 0.2) is 46.9 Å². The van der Waals surface area contributed by atoms with Crippen LogP contribution in [0.1, 0.15) is 24.1 Å². The van der Waals surface area contributed by atoms with Crippen molar-refractivity contribution in [1.82, 2.24) is 5.32 Å². The van der Waals surface area contributed by atoms with E-state index in [0.717, 1.165) is 16.6 Å². The average Bonchev–Trinajstić information content (AvgIpc) is 2.43. The quantitative estimate of drug-likeness (QED) is 0.629. The Kier molecular flexibility index (Phi) is 5.99. The summed E-state index contributed by atoms with van der Waals surface area (Å²) in [7, 11) is 0. The van der Waals surface area contributed by atoms with Gasteiger partial charge in [0.05, 0.1) is 0 Å². The third-order valence-corrected chi connectivity index (χ3v) is 4.37. The smallest absolute Gasteiger partial charge is 0.126 e. The molecule has 106 valence electrons. The van der Waals surface area contributed by atoms with Crippen molar-refractivity contribution in [3.8, 4) is 0 Å². The molecule has 1 unspecified atom stereocenters. The van der Waals surface area contributed by atoms with Gasteiger partial charge in [0.2, 0.25) is 0 Å². The predicted molar refractivity (Wildman–Crippen MR) is 93.4 cm³/mol. The zero-order valence-corrected chi connectivity index (χ0v) is 14.9. The Balaban J connectivity index is 2.25. The highest BCUT2D eigenvalue weighted by Gasteiger charge is 2.14. The topological polar surface area (TPSA) is 12.0 Å². The first-order valence-corrected chi connectivity index (χ1v) is 8.40. The zero-order valence-electron chi connectivity index (χ0n) is 11.2. The molecular formula is C16H16BrFIN. The molecule has 1 N–H and O–H groups in total. The van der Waals surface area contributed by atoms with Gasteiger partial charge in [-0.2, -0.15) is 0 Å². The highest BCUT2D eigenvalue weighted by molar-refractivity contribution is 14.1. The molecule has 0 aliphatic heterocycles. The zero-order chi connectivity index (χ0) is 14.5. The molecule has 0 saturated carbocycles. The molecule has 0 saturated heterocycles. The van der Waals surface area contributed by atoms with Crippen molar-refractivity contribution in [2.24, 2.45) is 0 Å². The summed E-state index contributed by atoms with van der Waals surface area (Å²) >= 11 is 5.69. The van der Waals surface area contributed by atoms with Crippen LogP contribution in [0, 0.1) is 9.39 Å². The van der Waals surface area contributed by atoms with Gasteiger partial charge in [-0.1, -0.05) is 35.0 Å². The summed E-state index contributed by atoms with van der Waals surface area (Å²) in [4.78, 5) is 0.